The Bertz CT molecular complexity index is 565. The Morgan fingerprint density at radius 2 is 2.16 bits per heavy atom. The summed E-state index contributed by atoms with van der Waals surface area (Å²) in [6, 6.07) is 6.50. The van der Waals surface area contributed by atoms with Gasteiger partial charge >= 0.3 is 0 Å². The van der Waals surface area contributed by atoms with E-state index in [1.54, 1.807) is 17.4 Å². The molecule has 1 heterocycles. The van der Waals surface area contributed by atoms with Gasteiger partial charge in [-0.05, 0) is 64.8 Å². The minimum absolute atomic E-state index is 0.0804. The van der Waals surface area contributed by atoms with Crippen molar-refractivity contribution in [2.75, 3.05) is 6.54 Å². The molecule has 0 bridgehead atoms. The second-order valence-corrected chi connectivity index (χ2v) is 7.07. The van der Waals surface area contributed by atoms with Gasteiger partial charge in [0.2, 0.25) is 0 Å². The molecule has 0 aliphatic carbocycles. The van der Waals surface area contributed by atoms with Crippen molar-refractivity contribution < 1.29 is 4.39 Å². The van der Waals surface area contributed by atoms with Crippen molar-refractivity contribution >= 4 is 38.9 Å². The molecule has 0 aliphatic rings. The quantitative estimate of drug-likeness (QED) is 0.777. The van der Waals surface area contributed by atoms with Crippen molar-refractivity contribution in [3.63, 3.8) is 0 Å². The van der Waals surface area contributed by atoms with Crippen LogP contribution in [0.2, 0.25) is 5.02 Å². The summed E-state index contributed by atoms with van der Waals surface area (Å²) in [5, 5.41) is 3.94. The molecule has 1 aromatic carbocycles. The summed E-state index contributed by atoms with van der Waals surface area (Å²) in [4.78, 5) is 1.12. The Kier molecular flexibility index (Phi) is 5.01. The predicted molar refractivity (Wildman–Crippen MR) is 83.7 cm³/mol. The van der Waals surface area contributed by atoms with Crippen molar-refractivity contribution in [1.29, 1.82) is 0 Å². The van der Waals surface area contributed by atoms with Crippen LogP contribution in [0.5, 0.6) is 0 Å². The lowest BCUT2D eigenvalue weighted by molar-refractivity contribution is 0.607. The van der Waals surface area contributed by atoms with E-state index in [4.69, 9.17) is 11.6 Å². The maximum Gasteiger partial charge on any atom is 0.123 e. The predicted octanol–water partition coefficient (Wildman–Crippen LogP) is 5.31. The number of halogens is 3. The lowest BCUT2D eigenvalue weighted by atomic mass is 10.0. The minimum atomic E-state index is -0.269. The van der Waals surface area contributed by atoms with E-state index in [9.17, 15) is 4.39 Å². The molecular formula is C14H14BrClFNS. The van der Waals surface area contributed by atoms with E-state index in [1.807, 2.05) is 13.8 Å². The van der Waals surface area contributed by atoms with Crippen LogP contribution in [-0.2, 0) is 0 Å². The number of rotatable bonds is 4. The van der Waals surface area contributed by atoms with Crippen LogP contribution in [0.25, 0.3) is 0 Å². The molecule has 0 spiro atoms. The number of aryl methyl sites for hydroxylation is 1. The van der Waals surface area contributed by atoms with Gasteiger partial charge in [0.15, 0.2) is 0 Å². The van der Waals surface area contributed by atoms with Gasteiger partial charge in [-0.15, -0.1) is 11.3 Å². The number of hydrogen-bond acceptors (Lipinski definition) is 2. The third kappa shape index (κ3) is 3.37. The number of benzene rings is 1. The molecule has 0 saturated carbocycles. The monoisotopic (exact) mass is 361 g/mol. The standard InChI is InChI=1S/C14H14BrClFNS/c1-3-18-13(12-6-8(2)14(15)19-12)10-7-9(17)4-5-11(10)16/h4-7,13,18H,3H2,1-2H3. The van der Waals surface area contributed by atoms with Crippen LogP contribution in [0, 0.1) is 12.7 Å². The molecule has 2 aromatic rings. The Morgan fingerprint density at radius 3 is 2.74 bits per heavy atom. The maximum absolute atomic E-state index is 13.5. The van der Waals surface area contributed by atoms with Crippen LogP contribution in [0.4, 0.5) is 4.39 Å². The highest BCUT2D eigenvalue weighted by molar-refractivity contribution is 9.11. The van der Waals surface area contributed by atoms with Gasteiger partial charge < -0.3 is 5.32 Å². The summed E-state index contributed by atoms with van der Waals surface area (Å²) in [7, 11) is 0. The van der Waals surface area contributed by atoms with Gasteiger partial charge in [-0.3, -0.25) is 0 Å². The lowest BCUT2D eigenvalue weighted by Gasteiger charge is -2.18. The van der Waals surface area contributed by atoms with Crippen molar-refractivity contribution in [3.8, 4) is 0 Å². The normalized spacial score (nSPS) is 12.7. The minimum Gasteiger partial charge on any atom is -0.306 e. The zero-order chi connectivity index (χ0) is 14.0. The first-order valence-corrected chi connectivity index (χ1v) is 7.95. The first-order valence-electron chi connectivity index (χ1n) is 5.97. The van der Waals surface area contributed by atoms with Crippen LogP contribution in [0.3, 0.4) is 0 Å². The average molecular weight is 363 g/mol. The fourth-order valence-corrected chi connectivity index (χ4v) is 3.82. The molecule has 1 atom stereocenters. The first-order chi connectivity index (χ1) is 9.02. The zero-order valence-corrected chi connectivity index (χ0v) is 13.8. The highest BCUT2D eigenvalue weighted by Crippen LogP contribution is 2.36. The van der Waals surface area contributed by atoms with E-state index in [2.05, 4.69) is 27.3 Å². The number of thiophene rings is 1. The molecule has 0 fully saturated rings. The second kappa shape index (κ2) is 6.35. The summed E-state index contributed by atoms with van der Waals surface area (Å²) >= 11 is 11.4. The van der Waals surface area contributed by atoms with Gasteiger partial charge in [0.05, 0.1) is 9.83 Å². The third-order valence-electron chi connectivity index (χ3n) is 2.84. The van der Waals surface area contributed by atoms with E-state index < -0.39 is 0 Å². The smallest absolute Gasteiger partial charge is 0.123 e. The van der Waals surface area contributed by atoms with Crippen molar-refractivity contribution in [2.24, 2.45) is 0 Å². The highest BCUT2D eigenvalue weighted by Gasteiger charge is 2.19. The molecule has 1 N–H and O–H groups in total. The van der Waals surface area contributed by atoms with Crippen molar-refractivity contribution in [3.05, 3.63) is 54.9 Å². The summed E-state index contributed by atoms with van der Waals surface area (Å²) in [5.74, 6) is -0.269. The summed E-state index contributed by atoms with van der Waals surface area (Å²) in [6.07, 6.45) is 0. The molecule has 5 heteroatoms. The molecule has 19 heavy (non-hydrogen) atoms. The summed E-state index contributed by atoms with van der Waals surface area (Å²) < 4.78 is 14.6. The Hall–Kier alpha value is -0.420. The molecule has 0 amide bonds. The van der Waals surface area contributed by atoms with Gasteiger partial charge in [0, 0.05) is 9.90 Å². The zero-order valence-electron chi connectivity index (χ0n) is 10.6. The van der Waals surface area contributed by atoms with E-state index in [0.29, 0.717) is 5.02 Å². The second-order valence-electron chi connectivity index (χ2n) is 4.26. The fourth-order valence-electron chi connectivity index (χ4n) is 1.93. The van der Waals surface area contributed by atoms with Crippen LogP contribution < -0.4 is 5.32 Å². The fraction of sp³-hybridized carbons (Fsp3) is 0.286. The van der Waals surface area contributed by atoms with Gasteiger partial charge in [0.25, 0.3) is 0 Å². The molecule has 1 nitrogen and oxygen atoms in total. The maximum atomic E-state index is 13.5. The van der Waals surface area contributed by atoms with Crippen LogP contribution in [0.15, 0.2) is 28.1 Å². The lowest BCUT2D eigenvalue weighted by Crippen LogP contribution is -2.21. The topological polar surface area (TPSA) is 12.0 Å². The molecular weight excluding hydrogens is 349 g/mol. The van der Waals surface area contributed by atoms with Crippen molar-refractivity contribution in [1.82, 2.24) is 5.32 Å². The van der Waals surface area contributed by atoms with Gasteiger partial charge in [-0.25, -0.2) is 4.39 Å². The van der Waals surface area contributed by atoms with Crippen molar-refractivity contribution in [2.45, 2.75) is 19.9 Å². The molecule has 102 valence electrons. The number of nitrogens with one attached hydrogen (secondary N) is 1. The Balaban J connectivity index is 2.47. The van der Waals surface area contributed by atoms with Crippen LogP contribution in [0.1, 0.15) is 29.0 Å². The first kappa shape index (κ1) is 15.0. The van der Waals surface area contributed by atoms with E-state index in [-0.39, 0.29) is 11.9 Å². The highest BCUT2D eigenvalue weighted by atomic mass is 79.9. The van der Waals surface area contributed by atoms with Gasteiger partial charge in [0.1, 0.15) is 5.82 Å². The average Bonchev–Trinajstić information content (AvgIpc) is 2.70. The third-order valence-corrected chi connectivity index (χ3v) is 5.38. The molecule has 1 unspecified atom stereocenters. The SMILES string of the molecule is CCNC(c1cc(C)c(Br)s1)c1cc(F)ccc1Cl. The van der Waals surface area contributed by atoms with Gasteiger partial charge in [-0.2, -0.15) is 0 Å². The molecule has 0 radical (unpaired) electrons. The van der Waals surface area contributed by atoms with E-state index in [1.165, 1.54) is 17.7 Å². The summed E-state index contributed by atoms with van der Waals surface area (Å²) in [6.45, 7) is 4.85. The van der Waals surface area contributed by atoms with Gasteiger partial charge in [-0.1, -0.05) is 18.5 Å². The molecule has 1 aromatic heterocycles. The van der Waals surface area contributed by atoms with E-state index >= 15 is 0 Å². The Morgan fingerprint density at radius 1 is 1.42 bits per heavy atom. The van der Waals surface area contributed by atoms with Crippen LogP contribution >= 0.6 is 38.9 Å². The molecule has 2 rings (SSSR count). The molecule has 0 aliphatic heterocycles. The Labute approximate surface area is 129 Å². The summed E-state index contributed by atoms with van der Waals surface area (Å²) in [5.41, 5.74) is 1.95. The largest absolute Gasteiger partial charge is 0.306 e. The van der Waals surface area contributed by atoms with Crippen LogP contribution in [-0.4, -0.2) is 6.54 Å². The van der Waals surface area contributed by atoms with E-state index in [0.717, 1.165) is 20.8 Å². The number of hydrogen-bond donors (Lipinski definition) is 1. The molecule has 0 saturated heterocycles.